The number of piperidine rings is 1. The lowest BCUT2D eigenvalue weighted by atomic mass is 9.97. The molecule has 0 aliphatic carbocycles. The fraction of sp³-hybridized carbons (Fsp3) is 0.438. The fourth-order valence-corrected chi connectivity index (χ4v) is 3.01. The number of imidazole rings is 1. The third kappa shape index (κ3) is 3.17. The number of aliphatic hydroxyl groups is 1. The number of likely N-dealkylation sites (tertiary alicyclic amines) is 1. The Morgan fingerprint density at radius 1 is 1.32 bits per heavy atom. The first kappa shape index (κ1) is 14.7. The maximum atomic E-state index is 11.7. The summed E-state index contributed by atoms with van der Waals surface area (Å²) in [5.74, 6) is 1.03. The van der Waals surface area contributed by atoms with Gasteiger partial charge in [-0.2, -0.15) is 0 Å². The van der Waals surface area contributed by atoms with Crippen molar-refractivity contribution in [2.75, 3.05) is 19.7 Å². The molecule has 6 nitrogen and oxygen atoms in total. The van der Waals surface area contributed by atoms with Crippen molar-refractivity contribution in [2.24, 2.45) is 0 Å². The first-order chi connectivity index (χ1) is 10.8. The van der Waals surface area contributed by atoms with Crippen LogP contribution < -0.4 is 0 Å². The summed E-state index contributed by atoms with van der Waals surface area (Å²) in [5, 5.41) is 9.04. The van der Waals surface area contributed by atoms with Gasteiger partial charge in [-0.05, 0) is 30.5 Å². The Morgan fingerprint density at radius 3 is 2.91 bits per heavy atom. The number of pyridine rings is 1. The van der Waals surface area contributed by atoms with Gasteiger partial charge in [-0.3, -0.25) is 9.78 Å². The summed E-state index contributed by atoms with van der Waals surface area (Å²) in [6, 6.07) is 3.98. The van der Waals surface area contributed by atoms with E-state index in [9.17, 15) is 4.79 Å². The number of aromatic nitrogens is 3. The minimum atomic E-state index is -0.418. The number of hydrogen-bond donors (Lipinski definition) is 1. The van der Waals surface area contributed by atoms with Gasteiger partial charge in [0, 0.05) is 50.3 Å². The van der Waals surface area contributed by atoms with Crippen LogP contribution >= 0.6 is 0 Å². The van der Waals surface area contributed by atoms with Crippen molar-refractivity contribution >= 4 is 5.91 Å². The predicted molar refractivity (Wildman–Crippen MR) is 81.2 cm³/mol. The highest BCUT2D eigenvalue weighted by atomic mass is 16.3. The van der Waals surface area contributed by atoms with Crippen LogP contribution in [0.4, 0.5) is 0 Å². The molecule has 2 aromatic heterocycles. The van der Waals surface area contributed by atoms with Gasteiger partial charge in [0.15, 0.2) is 0 Å². The van der Waals surface area contributed by atoms with Gasteiger partial charge in [-0.25, -0.2) is 4.98 Å². The van der Waals surface area contributed by atoms with E-state index in [4.69, 9.17) is 5.11 Å². The molecule has 0 spiro atoms. The molecule has 1 fully saturated rings. The van der Waals surface area contributed by atoms with E-state index in [1.54, 1.807) is 17.3 Å². The molecule has 0 aromatic carbocycles. The average molecular weight is 300 g/mol. The largest absolute Gasteiger partial charge is 0.387 e. The number of carbonyl (C=O) groups excluding carboxylic acids is 1. The van der Waals surface area contributed by atoms with Crippen LogP contribution in [0.5, 0.6) is 0 Å². The summed E-state index contributed by atoms with van der Waals surface area (Å²) in [6.45, 7) is 1.69. The molecule has 0 bridgehead atoms. The Labute approximate surface area is 129 Å². The van der Waals surface area contributed by atoms with E-state index in [2.05, 4.69) is 14.5 Å². The van der Waals surface area contributed by atoms with Crippen molar-refractivity contribution in [1.82, 2.24) is 19.4 Å². The van der Waals surface area contributed by atoms with E-state index >= 15 is 0 Å². The third-order valence-electron chi connectivity index (χ3n) is 4.12. The summed E-state index contributed by atoms with van der Waals surface area (Å²) in [7, 11) is 0. The van der Waals surface area contributed by atoms with Crippen molar-refractivity contribution in [3.8, 4) is 0 Å². The van der Waals surface area contributed by atoms with Crippen molar-refractivity contribution in [3.05, 3.63) is 48.3 Å². The molecule has 3 rings (SSSR count). The van der Waals surface area contributed by atoms with Crippen molar-refractivity contribution in [3.63, 3.8) is 0 Å². The number of carbonyl (C=O) groups is 1. The summed E-state index contributed by atoms with van der Waals surface area (Å²) in [5.41, 5.74) is 1.17. The molecular weight excluding hydrogens is 280 g/mol. The topological polar surface area (TPSA) is 71.2 Å². The Morgan fingerprint density at radius 2 is 2.14 bits per heavy atom. The highest BCUT2D eigenvalue weighted by Gasteiger charge is 2.26. The Bertz CT molecular complexity index is 626. The van der Waals surface area contributed by atoms with Crippen LogP contribution in [0.25, 0.3) is 0 Å². The SMILES string of the molecule is O=C(CO)N1CCC[C@@H](c2nccn2Cc2ccncc2)C1. The average Bonchev–Trinajstić information content (AvgIpc) is 3.03. The zero-order chi connectivity index (χ0) is 15.4. The normalized spacial score (nSPS) is 18.4. The second-order valence-corrected chi connectivity index (χ2v) is 5.61. The van der Waals surface area contributed by atoms with Gasteiger partial charge in [0.25, 0.3) is 0 Å². The van der Waals surface area contributed by atoms with Crippen LogP contribution in [-0.2, 0) is 11.3 Å². The molecule has 1 amide bonds. The first-order valence-corrected chi connectivity index (χ1v) is 7.56. The predicted octanol–water partition coefficient (Wildman–Crippen LogP) is 1.02. The number of rotatable bonds is 4. The van der Waals surface area contributed by atoms with Gasteiger partial charge in [0.05, 0.1) is 0 Å². The standard InChI is InChI=1S/C16H20N4O2/c21-12-15(22)19-8-1-2-14(11-19)16-18-7-9-20(16)10-13-3-5-17-6-4-13/h3-7,9,14,21H,1-2,8,10-12H2/t14-/m1/s1. The van der Waals surface area contributed by atoms with E-state index in [0.717, 1.165) is 31.8 Å². The fourth-order valence-electron chi connectivity index (χ4n) is 3.01. The number of amides is 1. The molecule has 1 aliphatic rings. The second-order valence-electron chi connectivity index (χ2n) is 5.61. The molecule has 6 heteroatoms. The molecule has 3 heterocycles. The summed E-state index contributed by atoms with van der Waals surface area (Å²) in [4.78, 5) is 22.0. The van der Waals surface area contributed by atoms with E-state index in [1.807, 2.05) is 24.5 Å². The van der Waals surface area contributed by atoms with E-state index in [-0.39, 0.29) is 11.8 Å². The molecule has 1 saturated heterocycles. The van der Waals surface area contributed by atoms with Gasteiger partial charge in [-0.1, -0.05) is 0 Å². The maximum absolute atomic E-state index is 11.7. The Balaban J connectivity index is 1.75. The Hall–Kier alpha value is -2.21. The van der Waals surface area contributed by atoms with Crippen molar-refractivity contribution < 1.29 is 9.90 Å². The lowest BCUT2D eigenvalue weighted by Crippen LogP contribution is -2.41. The van der Waals surface area contributed by atoms with Crippen LogP contribution in [0, 0.1) is 0 Å². The van der Waals surface area contributed by atoms with Crippen molar-refractivity contribution in [2.45, 2.75) is 25.3 Å². The molecule has 2 aromatic rings. The van der Waals surface area contributed by atoms with Crippen LogP contribution in [0.2, 0.25) is 0 Å². The van der Waals surface area contributed by atoms with Crippen LogP contribution in [0.1, 0.15) is 30.1 Å². The van der Waals surface area contributed by atoms with Crippen molar-refractivity contribution in [1.29, 1.82) is 0 Å². The minimum absolute atomic E-state index is 0.197. The van der Waals surface area contributed by atoms with Gasteiger partial charge < -0.3 is 14.6 Å². The number of nitrogens with zero attached hydrogens (tertiary/aromatic N) is 4. The zero-order valence-electron chi connectivity index (χ0n) is 12.4. The smallest absolute Gasteiger partial charge is 0.248 e. The molecule has 1 aliphatic heterocycles. The minimum Gasteiger partial charge on any atom is -0.387 e. The molecule has 116 valence electrons. The zero-order valence-corrected chi connectivity index (χ0v) is 12.4. The Kier molecular flexibility index (Phi) is 4.48. The van der Waals surface area contributed by atoms with Gasteiger partial charge in [-0.15, -0.1) is 0 Å². The highest BCUT2D eigenvalue weighted by molar-refractivity contribution is 5.77. The molecule has 0 saturated carbocycles. The lowest BCUT2D eigenvalue weighted by Gasteiger charge is -2.32. The van der Waals surface area contributed by atoms with E-state index < -0.39 is 6.61 Å². The molecule has 0 radical (unpaired) electrons. The summed E-state index contributed by atoms with van der Waals surface area (Å²) < 4.78 is 2.13. The van der Waals surface area contributed by atoms with E-state index in [1.165, 1.54) is 5.56 Å². The number of hydrogen-bond acceptors (Lipinski definition) is 4. The first-order valence-electron chi connectivity index (χ1n) is 7.56. The molecule has 22 heavy (non-hydrogen) atoms. The highest BCUT2D eigenvalue weighted by Crippen LogP contribution is 2.26. The molecule has 1 N–H and O–H groups in total. The quantitative estimate of drug-likeness (QED) is 0.915. The maximum Gasteiger partial charge on any atom is 0.248 e. The third-order valence-corrected chi connectivity index (χ3v) is 4.12. The lowest BCUT2D eigenvalue weighted by molar-refractivity contribution is -0.135. The second kappa shape index (κ2) is 6.70. The van der Waals surface area contributed by atoms with Gasteiger partial charge in [0.1, 0.15) is 12.4 Å². The molecule has 1 atom stereocenters. The van der Waals surface area contributed by atoms with Crippen LogP contribution in [0.15, 0.2) is 36.9 Å². The molecular formula is C16H20N4O2. The number of aliphatic hydroxyl groups excluding tert-OH is 1. The van der Waals surface area contributed by atoms with E-state index in [0.29, 0.717) is 6.54 Å². The van der Waals surface area contributed by atoms with Crippen LogP contribution in [-0.4, -0.2) is 50.1 Å². The molecule has 0 unspecified atom stereocenters. The summed E-state index contributed by atoms with van der Waals surface area (Å²) in [6.07, 6.45) is 9.31. The monoisotopic (exact) mass is 300 g/mol. The van der Waals surface area contributed by atoms with Gasteiger partial charge in [0.2, 0.25) is 5.91 Å². The van der Waals surface area contributed by atoms with Crippen LogP contribution in [0.3, 0.4) is 0 Å². The summed E-state index contributed by atoms with van der Waals surface area (Å²) >= 11 is 0. The van der Waals surface area contributed by atoms with Gasteiger partial charge >= 0.3 is 0 Å².